The lowest BCUT2D eigenvalue weighted by Crippen LogP contribution is -2.22. The molecule has 4 nitrogen and oxygen atoms in total. The SMILES string of the molecule is CCNC(=O)c1ccc(OCC)c(COc2cccc(C)c2)c1. The fraction of sp³-hybridized carbons (Fsp3) is 0.316. The summed E-state index contributed by atoms with van der Waals surface area (Å²) < 4.78 is 11.5. The highest BCUT2D eigenvalue weighted by Gasteiger charge is 2.11. The lowest BCUT2D eigenvalue weighted by atomic mass is 10.1. The molecule has 1 amide bonds. The summed E-state index contributed by atoms with van der Waals surface area (Å²) in [7, 11) is 0. The van der Waals surface area contributed by atoms with E-state index >= 15 is 0 Å². The Labute approximate surface area is 137 Å². The van der Waals surface area contributed by atoms with Gasteiger partial charge in [0.05, 0.1) is 6.61 Å². The Hall–Kier alpha value is -2.49. The van der Waals surface area contributed by atoms with Crippen LogP contribution in [-0.4, -0.2) is 19.1 Å². The van der Waals surface area contributed by atoms with E-state index < -0.39 is 0 Å². The number of hydrogen-bond donors (Lipinski definition) is 1. The molecule has 0 aliphatic rings. The van der Waals surface area contributed by atoms with Crippen LogP contribution in [0.2, 0.25) is 0 Å². The molecule has 0 radical (unpaired) electrons. The van der Waals surface area contributed by atoms with Crippen LogP contribution < -0.4 is 14.8 Å². The summed E-state index contributed by atoms with van der Waals surface area (Å²) in [6.07, 6.45) is 0. The summed E-state index contributed by atoms with van der Waals surface area (Å²) in [6.45, 7) is 7.37. The molecule has 4 heteroatoms. The van der Waals surface area contributed by atoms with Gasteiger partial charge in [0.2, 0.25) is 0 Å². The van der Waals surface area contributed by atoms with Crippen molar-refractivity contribution in [3.63, 3.8) is 0 Å². The first-order valence-corrected chi connectivity index (χ1v) is 7.87. The Morgan fingerprint density at radius 1 is 1.09 bits per heavy atom. The number of aryl methyl sites for hydroxylation is 1. The highest BCUT2D eigenvalue weighted by atomic mass is 16.5. The van der Waals surface area contributed by atoms with Gasteiger partial charge in [-0.1, -0.05) is 12.1 Å². The number of carbonyl (C=O) groups is 1. The van der Waals surface area contributed by atoms with Gasteiger partial charge in [-0.05, 0) is 56.7 Å². The smallest absolute Gasteiger partial charge is 0.251 e. The Kier molecular flexibility index (Phi) is 6.03. The topological polar surface area (TPSA) is 47.6 Å². The number of amides is 1. The Balaban J connectivity index is 2.19. The third kappa shape index (κ3) is 4.74. The molecule has 0 fully saturated rings. The Morgan fingerprint density at radius 3 is 2.61 bits per heavy atom. The number of rotatable bonds is 7. The summed E-state index contributed by atoms with van der Waals surface area (Å²) in [6, 6.07) is 13.3. The predicted molar refractivity (Wildman–Crippen MR) is 91.1 cm³/mol. The molecule has 122 valence electrons. The predicted octanol–water partition coefficient (Wildman–Crippen LogP) is 3.72. The fourth-order valence-electron chi connectivity index (χ4n) is 2.26. The van der Waals surface area contributed by atoms with Crippen molar-refractivity contribution in [2.75, 3.05) is 13.2 Å². The molecule has 0 saturated heterocycles. The Morgan fingerprint density at radius 2 is 1.91 bits per heavy atom. The molecule has 0 aliphatic carbocycles. The fourth-order valence-corrected chi connectivity index (χ4v) is 2.26. The zero-order valence-electron chi connectivity index (χ0n) is 13.9. The number of benzene rings is 2. The van der Waals surface area contributed by atoms with Crippen LogP contribution in [0.3, 0.4) is 0 Å². The van der Waals surface area contributed by atoms with Crippen LogP contribution >= 0.6 is 0 Å². The third-order valence-electron chi connectivity index (χ3n) is 3.34. The summed E-state index contributed by atoms with van der Waals surface area (Å²) in [5, 5.41) is 2.80. The zero-order chi connectivity index (χ0) is 16.7. The summed E-state index contributed by atoms with van der Waals surface area (Å²) in [4.78, 5) is 12.0. The van der Waals surface area contributed by atoms with Crippen LogP contribution in [0.5, 0.6) is 11.5 Å². The van der Waals surface area contributed by atoms with Gasteiger partial charge >= 0.3 is 0 Å². The maximum Gasteiger partial charge on any atom is 0.251 e. The van der Waals surface area contributed by atoms with Gasteiger partial charge in [0, 0.05) is 17.7 Å². The van der Waals surface area contributed by atoms with Crippen LogP contribution in [0.4, 0.5) is 0 Å². The number of ether oxygens (including phenoxy) is 2. The van der Waals surface area contributed by atoms with E-state index in [1.807, 2.05) is 57.2 Å². The van der Waals surface area contributed by atoms with Crippen molar-refractivity contribution in [1.29, 1.82) is 0 Å². The summed E-state index contributed by atoms with van der Waals surface area (Å²) in [5.74, 6) is 1.46. The molecule has 1 N–H and O–H groups in total. The first kappa shape index (κ1) is 16.9. The van der Waals surface area contributed by atoms with Gasteiger partial charge in [0.25, 0.3) is 5.91 Å². The highest BCUT2D eigenvalue weighted by Crippen LogP contribution is 2.23. The monoisotopic (exact) mass is 313 g/mol. The van der Waals surface area contributed by atoms with Crippen LogP contribution in [0.15, 0.2) is 42.5 Å². The Bertz CT molecular complexity index is 667. The molecule has 0 bridgehead atoms. The standard InChI is InChI=1S/C19H23NO3/c1-4-20-19(21)15-9-10-18(22-5-2)16(12-15)13-23-17-8-6-7-14(3)11-17/h6-12H,4-5,13H2,1-3H3,(H,20,21). The van der Waals surface area contributed by atoms with Crippen molar-refractivity contribution in [2.24, 2.45) is 0 Å². The van der Waals surface area contributed by atoms with E-state index in [-0.39, 0.29) is 5.91 Å². The van der Waals surface area contributed by atoms with Gasteiger partial charge in [-0.3, -0.25) is 4.79 Å². The zero-order valence-corrected chi connectivity index (χ0v) is 13.9. The van der Waals surface area contributed by atoms with Crippen molar-refractivity contribution in [1.82, 2.24) is 5.32 Å². The maximum atomic E-state index is 12.0. The summed E-state index contributed by atoms with van der Waals surface area (Å²) >= 11 is 0. The van der Waals surface area contributed by atoms with E-state index in [2.05, 4.69) is 5.32 Å². The summed E-state index contributed by atoms with van der Waals surface area (Å²) in [5.41, 5.74) is 2.61. The molecule has 0 heterocycles. The molecule has 0 saturated carbocycles. The van der Waals surface area contributed by atoms with Gasteiger partial charge in [0.15, 0.2) is 0 Å². The van der Waals surface area contributed by atoms with Gasteiger partial charge < -0.3 is 14.8 Å². The molecule has 2 rings (SSSR count). The van der Waals surface area contributed by atoms with Crippen LogP contribution in [0.25, 0.3) is 0 Å². The number of nitrogens with one attached hydrogen (secondary N) is 1. The molecule has 2 aromatic rings. The van der Waals surface area contributed by atoms with Crippen molar-refractivity contribution >= 4 is 5.91 Å². The quantitative estimate of drug-likeness (QED) is 0.847. The van der Waals surface area contributed by atoms with Crippen LogP contribution in [-0.2, 0) is 6.61 Å². The van der Waals surface area contributed by atoms with Crippen molar-refractivity contribution < 1.29 is 14.3 Å². The number of carbonyl (C=O) groups excluding carboxylic acids is 1. The molecule has 0 spiro atoms. The van der Waals surface area contributed by atoms with Gasteiger partial charge in [-0.25, -0.2) is 0 Å². The van der Waals surface area contributed by atoms with E-state index in [1.165, 1.54) is 0 Å². The molecule has 23 heavy (non-hydrogen) atoms. The largest absolute Gasteiger partial charge is 0.493 e. The molecule has 0 aliphatic heterocycles. The lowest BCUT2D eigenvalue weighted by Gasteiger charge is -2.13. The van der Waals surface area contributed by atoms with E-state index in [0.29, 0.717) is 25.3 Å². The first-order chi connectivity index (χ1) is 11.1. The molecule has 0 atom stereocenters. The van der Waals surface area contributed by atoms with E-state index in [4.69, 9.17) is 9.47 Å². The lowest BCUT2D eigenvalue weighted by molar-refractivity contribution is 0.0955. The van der Waals surface area contributed by atoms with Crippen LogP contribution in [0.1, 0.15) is 35.3 Å². The second kappa shape index (κ2) is 8.22. The molecule has 2 aromatic carbocycles. The first-order valence-electron chi connectivity index (χ1n) is 7.87. The van der Waals surface area contributed by atoms with Gasteiger partial charge in [-0.15, -0.1) is 0 Å². The minimum absolute atomic E-state index is 0.0904. The third-order valence-corrected chi connectivity index (χ3v) is 3.34. The molecule has 0 unspecified atom stereocenters. The second-order valence-electron chi connectivity index (χ2n) is 5.22. The second-order valence-corrected chi connectivity index (χ2v) is 5.22. The average molecular weight is 313 g/mol. The average Bonchev–Trinajstić information content (AvgIpc) is 2.54. The minimum Gasteiger partial charge on any atom is -0.493 e. The highest BCUT2D eigenvalue weighted by molar-refractivity contribution is 5.94. The van der Waals surface area contributed by atoms with Crippen molar-refractivity contribution in [3.8, 4) is 11.5 Å². The van der Waals surface area contributed by atoms with Crippen LogP contribution in [0, 0.1) is 6.92 Å². The minimum atomic E-state index is -0.0904. The van der Waals surface area contributed by atoms with E-state index in [1.54, 1.807) is 6.07 Å². The maximum absolute atomic E-state index is 12.0. The van der Waals surface area contributed by atoms with Crippen molar-refractivity contribution in [2.45, 2.75) is 27.4 Å². The van der Waals surface area contributed by atoms with Gasteiger partial charge in [0.1, 0.15) is 18.1 Å². The van der Waals surface area contributed by atoms with Crippen molar-refractivity contribution in [3.05, 3.63) is 59.2 Å². The van der Waals surface area contributed by atoms with E-state index in [0.717, 1.165) is 22.6 Å². The normalized spacial score (nSPS) is 10.2. The van der Waals surface area contributed by atoms with E-state index in [9.17, 15) is 4.79 Å². The number of hydrogen-bond acceptors (Lipinski definition) is 3. The molecular weight excluding hydrogens is 290 g/mol. The van der Waals surface area contributed by atoms with Gasteiger partial charge in [-0.2, -0.15) is 0 Å². The molecule has 0 aromatic heterocycles. The molecular formula is C19H23NO3.